The fraction of sp³-hybridized carbons (Fsp3) is 0.833. The van der Waals surface area contributed by atoms with Crippen LogP contribution in [0.3, 0.4) is 0 Å². The van der Waals surface area contributed by atoms with E-state index >= 15 is 0 Å². The molecule has 0 radical (unpaired) electrons. The van der Waals surface area contributed by atoms with E-state index in [-0.39, 0.29) is 5.91 Å². The van der Waals surface area contributed by atoms with Crippen LogP contribution in [0, 0.1) is 11.3 Å². The van der Waals surface area contributed by atoms with Gasteiger partial charge in [-0.15, -0.1) is 0 Å². The zero-order valence-corrected chi connectivity index (χ0v) is 10.0. The Kier molecular flexibility index (Phi) is 5.87. The Morgan fingerprint density at radius 1 is 1.56 bits per heavy atom. The van der Waals surface area contributed by atoms with Gasteiger partial charge in [-0.2, -0.15) is 5.26 Å². The zero-order valence-electron chi connectivity index (χ0n) is 10.0. The first kappa shape index (κ1) is 13.0. The number of carbonyl (C=O) groups is 1. The Labute approximate surface area is 97.6 Å². The lowest BCUT2D eigenvalue weighted by atomic mass is 10.0. The van der Waals surface area contributed by atoms with Gasteiger partial charge in [0.2, 0.25) is 5.91 Å². The summed E-state index contributed by atoms with van der Waals surface area (Å²) in [6.07, 6.45) is 5.20. The average Bonchev–Trinajstić information content (AvgIpc) is 2.30. The standard InChI is InChI=1S/C12H21N3O/c1-2-11-6-3-4-9-15(11)10-12(16)14-8-5-7-13/h11H,2-6,8-10H2,1H3,(H,14,16)/t11-/m1/s1. The van der Waals surface area contributed by atoms with Gasteiger partial charge in [-0.25, -0.2) is 0 Å². The summed E-state index contributed by atoms with van der Waals surface area (Å²) in [5, 5.41) is 11.1. The van der Waals surface area contributed by atoms with Crippen molar-refractivity contribution in [1.82, 2.24) is 10.2 Å². The minimum atomic E-state index is 0.0515. The second-order valence-corrected chi connectivity index (χ2v) is 4.29. The third kappa shape index (κ3) is 4.19. The molecule has 1 rings (SSSR count). The quantitative estimate of drug-likeness (QED) is 0.714. The van der Waals surface area contributed by atoms with Crippen LogP contribution in [0.5, 0.6) is 0 Å². The topological polar surface area (TPSA) is 56.1 Å². The molecule has 4 heteroatoms. The highest BCUT2D eigenvalue weighted by molar-refractivity contribution is 5.78. The van der Waals surface area contributed by atoms with E-state index in [1.165, 1.54) is 19.3 Å². The fourth-order valence-electron chi connectivity index (χ4n) is 2.23. The molecule has 16 heavy (non-hydrogen) atoms. The van der Waals surface area contributed by atoms with E-state index in [1.54, 1.807) is 0 Å². The predicted molar refractivity (Wildman–Crippen MR) is 62.7 cm³/mol. The molecule has 1 amide bonds. The van der Waals surface area contributed by atoms with Gasteiger partial charge in [0.15, 0.2) is 0 Å². The van der Waals surface area contributed by atoms with Crippen LogP contribution in [-0.4, -0.2) is 36.5 Å². The monoisotopic (exact) mass is 223 g/mol. The van der Waals surface area contributed by atoms with E-state index in [9.17, 15) is 4.79 Å². The largest absolute Gasteiger partial charge is 0.354 e. The number of nitrogens with one attached hydrogen (secondary N) is 1. The Morgan fingerprint density at radius 3 is 3.06 bits per heavy atom. The summed E-state index contributed by atoms with van der Waals surface area (Å²) in [7, 11) is 0. The molecule has 0 aromatic heterocycles. The SMILES string of the molecule is CC[C@@H]1CCCCN1CC(=O)NCCC#N. The maximum absolute atomic E-state index is 11.6. The maximum atomic E-state index is 11.6. The molecule has 0 aliphatic carbocycles. The molecule has 0 unspecified atom stereocenters. The van der Waals surface area contributed by atoms with Crippen LogP contribution in [0.1, 0.15) is 39.0 Å². The molecule has 1 heterocycles. The Morgan fingerprint density at radius 2 is 2.38 bits per heavy atom. The molecule has 1 aliphatic heterocycles. The number of amides is 1. The van der Waals surface area contributed by atoms with Crippen LogP contribution < -0.4 is 5.32 Å². The molecule has 1 saturated heterocycles. The molecule has 0 saturated carbocycles. The molecule has 1 aliphatic rings. The third-order valence-corrected chi connectivity index (χ3v) is 3.13. The number of nitriles is 1. The molecule has 0 aromatic rings. The van der Waals surface area contributed by atoms with E-state index in [2.05, 4.69) is 17.1 Å². The van der Waals surface area contributed by atoms with Crippen LogP contribution in [0.2, 0.25) is 0 Å². The van der Waals surface area contributed by atoms with Crippen LogP contribution in [-0.2, 0) is 4.79 Å². The van der Waals surface area contributed by atoms with Crippen molar-refractivity contribution >= 4 is 5.91 Å². The van der Waals surface area contributed by atoms with Gasteiger partial charge in [0.25, 0.3) is 0 Å². The van der Waals surface area contributed by atoms with Crippen molar-refractivity contribution in [1.29, 1.82) is 5.26 Å². The van der Waals surface area contributed by atoms with Gasteiger partial charge < -0.3 is 5.32 Å². The summed E-state index contributed by atoms with van der Waals surface area (Å²) in [6.45, 7) is 4.17. The smallest absolute Gasteiger partial charge is 0.234 e. The number of hydrogen-bond donors (Lipinski definition) is 1. The molecule has 0 spiro atoms. The minimum Gasteiger partial charge on any atom is -0.354 e. The van der Waals surface area contributed by atoms with Gasteiger partial charge in [-0.1, -0.05) is 13.3 Å². The second-order valence-electron chi connectivity index (χ2n) is 4.29. The van der Waals surface area contributed by atoms with Crippen LogP contribution in [0.25, 0.3) is 0 Å². The number of piperidine rings is 1. The van der Waals surface area contributed by atoms with Crippen LogP contribution in [0.15, 0.2) is 0 Å². The van der Waals surface area contributed by atoms with Crippen molar-refractivity contribution in [3.8, 4) is 6.07 Å². The zero-order chi connectivity index (χ0) is 11.8. The first-order chi connectivity index (χ1) is 7.77. The van der Waals surface area contributed by atoms with Crippen LogP contribution in [0.4, 0.5) is 0 Å². The molecular weight excluding hydrogens is 202 g/mol. The van der Waals surface area contributed by atoms with Crippen LogP contribution >= 0.6 is 0 Å². The van der Waals surface area contributed by atoms with E-state index in [1.807, 2.05) is 6.07 Å². The van der Waals surface area contributed by atoms with Crippen molar-refractivity contribution < 1.29 is 4.79 Å². The normalized spacial score (nSPS) is 21.4. The predicted octanol–water partition coefficient (Wildman–Crippen LogP) is 1.28. The third-order valence-electron chi connectivity index (χ3n) is 3.13. The van der Waals surface area contributed by atoms with Crippen molar-refractivity contribution in [3.63, 3.8) is 0 Å². The summed E-state index contributed by atoms with van der Waals surface area (Å²) in [5.41, 5.74) is 0. The van der Waals surface area contributed by atoms with Crippen molar-refractivity contribution in [2.24, 2.45) is 0 Å². The Bertz CT molecular complexity index is 259. The lowest BCUT2D eigenvalue weighted by Gasteiger charge is -2.34. The number of carbonyl (C=O) groups excluding carboxylic acids is 1. The lowest BCUT2D eigenvalue weighted by Crippen LogP contribution is -2.45. The molecule has 0 bridgehead atoms. The fourth-order valence-corrected chi connectivity index (χ4v) is 2.23. The van der Waals surface area contributed by atoms with Gasteiger partial charge in [0.05, 0.1) is 19.0 Å². The first-order valence-corrected chi connectivity index (χ1v) is 6.15. The molecule has 0 aromatic carbocycles. The summed E-state index contributed by atoms with van der Waals surface area (Å²) in [4.78, 5) is 13.9. The van der Waals surface area contributed by atoms with Crippen molar-refractivity contribution in [3.05, 3.63) is 0 Å². The lowest BCUT2D eigenvalue weighted by molar-refractivity contribution is -0.123. The highest BCUT2D eigenvalue weighted by atomic mass is 16.2. The highest BCUT2D eigenvalue weighted by Crippen LogP contribution is 2.18. The number of nitrogens with zero attached hydrogens (tertiary/aromatic N) is 2. The molecular formula is C12H21N3O. The maximum Gasteiger partial charge on any atom is 0.234 e. The summed E-state index contributed by atoms with van der Waals surface area (Å²) in [5.74, 6) is 0.0515. The van der Waals surface area contributed by atoms with Gasteiger partial charge >= 0.3 is 0 Å². The van der Waals surface area contributed by atoms with E-state index in [0.717, 1.165) is 13.0 Å². The van der Waals surface area contributed by atoms with Gasteiger partial charge in [-0.3, -0.25) is 9.69 Å². The second kappa shape index (κ2) is 7.24. The summed E-state index contributed by atoms with van der Waals surface area (Å²) >= 11 is 0. The molecule has 1 N–H and O–H groups in total. The summed E-state index contributed by atoms with van der Waals surface area (Å²) in [6, 6.07) is 2.58. The van der Waals surface area contributed by atoms with Gasteiger partial charge in [0, 0.05) is 12.6 Å². The molecule has 1 atom stereocenters. The Hall–Kier alpha value is -1.08. The van der Waals surface area contributed by atoms with E-state index < -0.39 is 0 Å². The summed E-state index contributed by atoms with van der Waals surface area (Å²) < 4.78 is 0. The first-order valence-electron chi connectivity index (χ1n) is 6.15. The molecule has 4 nitrogen and oxygen atoms in total. The number of likely N-dealkylation sites (tertiary alicyclic amines) is 1. The van der Waals surface area contributed by atoms with E-state index in [4.69, 9.17) is 5.26 Å². The Balaban J connectivity index is 2.28. The number of rotatable bonds is 5. The molecule has 90 valence electrons. The average molecular weight is 223 g/mol. The van der Waals surface area contributed by atoms with Gasteiger partial charge in [-0.05, 0) is 25.8 Å². The minimum absolute atomic E-state index is 0.0515. The highest BCUT2D eigenvalue weighted by Gasteiger charge is 2.22. The van der Waals surface area contributed by atoms with Crippen molar-refractivity contribution in [2.75, 3.05) is 19.6 Å². The molecule has 1 fully saturated rings. The van der Waals surface area contributed by atoms with Crippen molar-refractivity contribution in [2.45, 2.75) is 45.1 Å². The van der Waals surface area contributed by atoms with E-state index in [0.29, 0.717) is 25.6 Å². The number of hydrogen-bond acceptors (Lipinski definition) is 3. The van der Waals surface area contributed by atoms with Gasteiger partial charge in [0.1, 0.15) is 0 Å².